The summed E-state index contributed by atoms with van der Waals surface area (Å²) < 4.78 is 33.5. The predicted octanol–water partition coefficient (Wildman–Crippen LogP) is 2.10. The summed E-state index contributed by atoms with van der Waals surface area (Å²) >= 11 is 0. The van der Waals surface area contributed by atoms with Crippen LogP contribution in [0.25, 0.3) is 0 Å². The number of nitrogens with zero attached hydrogens (tertiary/aromatic N) is 2. The largest absolute Gasteiger partial charge is 0.457 e. The first-order valence-corrected chi connectivity index (χ1v) is 11.1. The van der Waals surface area contributed by atoms with Crippen LogP contribution in [0.5, 0.6) is 11.5 Å². The van der Waals surface area contributed by atoms with Crippen molar-refractivity contribution in [1.29, 1.82) is 5.26 Å². The van der Waals surface area contributed by atoms with Gasteiger partial charge in [0.05, 0.1) is 22.6 Å². The number of rotatable bonds is 5. The van der Waals surface area contributed by atoms with E-state index in [4.69, 9.17) is 10.00 Å². The lowest BCUT2D eigenvalue weighted by Gasteiger charge is -2.34. The van der Waals surface area contributed by atoms with E-state index in [-0.39, 0.29) is 11.4 Å². The van der Waals surface area contributed by atoms with Crippen LogP contribution in [0.4, 0.5) is 4.79 Å². The molecule has 0 aromatic heterocycles. The average Bonchev–Trinajstić information content (AvgIpc) is 3.35. The van der Waals surface area contributed by atoms with Crippen LogP contribution in [0.1, 0.15) is 25.3 Å². The highest BCUT2D eigenvalue weighted by molar-refractivity contribution is 7.89. The van der Waals surface area contributed by atoms with Gasteiger partial charge in [-0.2, -0.15) is 9.57 Å². The normalized spacial score (nSPS) is 23.8. The minimum Gasteiger partial charge on any atom is -0.457 e. The molecule has 2 unspecified atom stereocenters. The molecular formula is C21H20N4O5S. The fourth-order valence-corrected chi connectivity index (χ4v) is 5.72. The van der Waals surface area contributed by atoms with Gasteiger partial charge in [-0.25, -0.2) is 13.2 Å². The molecule has 0 aliphatic carbocycles. The van der Waals surface area contributed by atoms with Crippen LogP contribution in [-0.2, 0) is 14.8 Å². The first-order chi connectivity index (χ1) is 14.7. The monoisotopic (exact) mass is 440 g/mol. The Balaban J connectivity index is 1.55. The number of nitrogens with one attached hydrogen (secondary N) is 2. The molecule has 2 N–H and O–H groups in total. The molecule has 2 heterocycles. The van der Waals surface area contributed by atoms with Crippen LogP contribution < -0.4 is 15.4 Å². The zero-order chi connectivity index (χ0) is 22.2. The fourth-order valence-electron chi connectivity index (χ4n) is 3.94. The summed E-state index contributed by atoms with van der Waals surface area (Å²) in [6.07, 6.45) is 1.05. The highest BCUT2D eigenvalue weighted by atomic mass is 32.2. The third-order valence-electron chi connectivity index (χ3n) is 5.59. The van der Waals surface area contributed by atoms with E-state index < -0.39 is 33.5 Å². The molecular weight excluding hydrogens is 420 g/mol. The molecule has 31 heavy (non-hydrogen) atoms. The minimum atomic E-state index is -3.89. The van der Waals surface area contributed by atoms with Gasteiger partial charge in [-0.3, -0.25) is 10.1 Å². The number of benzene rings is 2. The second-order valence-corrected chi connectivity index (χ2v) is 9.48. The molecule has 2 saturated heterocycles. The standard InChI is InChI=1S/C21H20N4O5S/c1-21(19(26)23-20(27)24-21)18-3-2-12-25(18)31(28,29)17-10-8-16(9-11-17)30-15-6-4-14(13-22)5-7-15/h4-11,18H,2-3,12H2,1H3,(H2,23,24,26,27). The van der Waals surface area contributed by atoms with Gasteiger partial charge >= 0.3 is 6.03 Å². The van der Waals surface area contributed by atoms with Crippen LogP contribution in [-0.4, -0.2) is 42.8 Å². The number of sulfonamides is 1. The highest BCUT2D eigenvalue weighted by Gasteiger charge is 2.54. The third-order valence-corrected chi connectivity index (χ3v) is 7.51. The van der Waals surface area contributed by atoms with Crippen molar-refractivity contribution in [3.05, 3.63) is 54.1 Å². The van der Waals surface area contributed by atoms with Crippen molar-refractivity contribution in [2.45, 2.75) is 36.2 Å². The van der Waals surface area contributed by atoms with Crippen molar-refractivity contribution in [2.24, 2.45) is 0 Å². The molecule has 0 radical (unpaired) electrons. The molecule has 0 bridgehead atoms. The number of nitriles is 1. The number of imide groups is 1. The summed E-state index contributed by atoms with van der Waals surface area (Å²) in [7, 11) is -3.89. The van der Waals surface area contributed by atoms with Crippen LogP contribution in [0.3, 0.4) is 0 Å². The first-order valence-electron chi connectivity index (χ1n) is 9.67. The molecule has 0 saturated carbocycles. The maximum atomic E-state index is 13.3. The second kappa shape index (κ2) is 7.68. The maximum absolute atomic E-state index is 13.3. The van der Waals surface area contributed by atoms with Crippen molar-refractivity contribution in [3.8, 4) is 17.6 Å². The van der Waals surface area contributed by atoms with Gasteiger partial charge in [0, 0.05) is 6.54 Å². The Hall–Kier alpha value is -3.42. The summed E-state index contributed by atoms with van der Waals surface area (Å²) in [6.45, 7) is 1.80. The third kappa shape index (κ3) is 3.73. The molecule has 4 rings (SSSR count). The summed E-state index contributed by atoms with van der Waals surface area (Å²) in [5.74, 6) is 0.428. The summed E-state index contributed by atoms with van der Waals surface area (Å²) in [5.41, 5.74) is -0.811. The Bertz CT molecular complexity index is 1170. The van der Waals surface area contributed by atoms with Crippen molar-refractivity contribution in [3.63, 3.8) is 0 Å². The van der Waals surface area contributed by atoms with E-state index in [1.54, 1.807) is 43.3 Å². The zero-order valence-electron chi connectivity index (χ0n) is 16.7. The van der Waals surface area contributed by atoms with Crippen LogP contribution in [0, 0.1) is 11.3 Å². The van der Waals surface area contributed by atoms with Gasteiger partial charge in [0.1, 0.15) is 17.0 Å². The van der Waals surface area contributed by atoms with Gasteiger partial charge in [-0.1, -0.05) is 0 Å². The number of carbonyl (C=O) groups is 2. The molecule has 9 nitrogen and oxygen atoms in total. The molecule has 0 spiro atoms. The fraction of sp³-hybridized carbons (Fsp3) is 0.286. The van der Waals surface area contributed by atoms with E-state index in [9.17, 15) is 18.0 Å². The molecule has 2 fully saturated rings. The Morgan fingerprint density at radius 1 is 1.10 bits per heavy atom. The average molecular weight is 440 g/mol. The van der Waals surface area contributed by atoms with Crippen LogP contribution in [0.15, 0.2) is 53.4 Å². The quantitative estimate of drug-likeness (QED) is 0.685. The molecule has 160 valence electrons. The predicted molar refractivity (Wildman–Crippen MR) is 110 cm³/mol. The number of hydrogen-bond acceptors (Lipinski definition) is 6. The summed E-state index contributed by atoms with van der Waals surface area (Å²) in [6, 6.07) is 13.2. The van der Waals surface area contributed by atoms with Gasteiger partial charge in [0.25, 0.3) is 5.91 Å². The Labute approximate surface area is 179 Å². The number of amides is 3. The topological polar surface area (TPSA) is 129 Å². The second-order valence-electron chi connectivity index (χ2n) is 7.59. The van der Waals surface area contributed by atoms with E-state index in [1.807, 2.05) is 6.07 Å². The Kier molecular flexibility index (Phi) is 5.16. The lowest BCUT2D eigenvalue weighted by atomic mass is 9.91. The van der Waals surface area contributed by atoms with Crippen molar-refractivity contribution < 1.29 is 22.7 Å². The molecule has 10 heteroatoms. The van der Waals surface area contributed by atoms with Gasteiger partial charge in [-0.15, -0.1) is 0 Å². The van der Waals surface area contributed by atoms with Gasteiger partial charge in [0.15, 0.2) is 0 Å². The van der Waals surface area contributed by atoms with Gasteiger partial charge in [-0.05, 0) is 68.3 Å². The summed E-state index contributed by atoms with van der Waals surface area (Å²) in [5, 5.41) is 13.6. The number of ether oxygens (including phenoxy) is 1. The van der Waals surface area contributed by atoms with Gasteiger partial charge < -0.3 is 10.1 Å². The highest BCUT2D eigenvalue weighted by Crippen LogP contribution is 2.34. The van der Waals surface area contributed by atoms with Crippen molar-refractivity contribution >= 4 is 22.0 Å². The Morgan fingerprint density at radius 3 is 2.26 bits per heavy atom. The van der Waals surface area contributed by atoms with Crippen LogP contribution in [0.2, 0.25) is 0 Å². The first kappa shape index (κ1) is 20.8. The zero-order valence-corrected chi connectivity index (χ0v) is 17.5. The van der Waals surface area contributed by atoms with E-state index >= 15 is 0 Å². The number of hydrogen-bond donors (Lipinski definition) is 2. The van der Waals surface area contributed by atoms with E-state index in [0.29, 0.717) is 29.9 Å². The number of carbonyl (C=O) groups excluding carboxylic acids is 2. The molecule has 2 aliphatic heterocycles. The van der Waals surface area contributed by atoms with Crippen molar-refractivity contribution in [2.75, 3.05) is 6.54 Å². The smallest absolute Gasteiger partial charge is 0.322 e. The molecule has 2 aromatic carbocycles. The van der Waals surface area contributed by atoms with E-state index in [1.165, 1.54) is 16.4 Å². The van der Waals surface area contributed by atoms with E-state index in [2.05, 4.69) is 10.6 Å². The van der Waals surface area contributed by atoms with Gasteiger partial charge in [0.2, 0.25) is 10.0 Å². The molecule has 3 amide bonds. The SMILES string of the molecule is CC1(C2CCCN2S(=O)(=O)c2ccc(Oc3ccc(C#N)cc3)cc2)NC(=O)NC1=O. The minimum absolute atomic E-state index is 0.0694. The molecule has 2 atom stereocenters. The maximum Gasteiger partial charge on any atom is 0.322 e. The lowest BCUT2D eigenvalue weighted by molar-refractivity contribution is -0.124. The summed E-state index contributed by atoms with van der Waals surface area (Å²) in [4.78, 5) is 24.0. The lowest BCUT2D eigenvalue weighted by Crippen LogP contribution is -2.59. The van der Waals surface area contributed by atoms with Crippen LogP contribution >= 0.6 is 0 Å². The molecule has 2 aliphatic rings. The van der Waals surface area contributed by atoms with Crippen molar-refractivity contribution in [1.82, 2.24) is 14.9 Å². The Morgan fingerprint density at radius 2 is 1.71 bits per heavy atom. The molecule has 2 aromatic rings. The van der Waals surface area contributed by atoms with E-state index in [0.717, 1.165) is 0 Å². The number of urea groups is 1.